The number of carbonyl (C=O) groups excluding carboxylic acids is 1. The van der Waals surface area contributed by atoms with Crippen LogP contribution in [0.1, 0.15) is 412 Å². The normalized spacial score (nSPS) is 25.1. The lowest BCUT2D eigenvalue weighted by Gasteiger charge is -2.48. The van der Waals surface area contributed by atoms with Crippen molar-refractivity contribution in [1.82, 2.24) is 5.32 Å². The number of amides is 1. The highest BCUT2D eigenvalue weighted by Gasteiger charge is 2.54. The summed E-state index contributed by atoms with van der Waals surface area (Å²) in [5.41, 5.74) is 0. The van der Waals surface area contributed by atoms with Gasteiger partial charge in [-0.3, -0.25) is 4.79 Å². The summed E-state index contributed by atoms with van der Waals surface area (Å²) in [6.07, 6.45) is 66.1. The summed E-state index contributed by atoms with van der Waals surface area (Å²) in [5, 5.41) is 121. The molecule has 3 rings (SSSR count). The molecule has 3 heterocycles. The fraction of sp³-hybridized carbons (Fsp3) is 0.924. The minimum atomic E-state index is -1.98. The quantitative estimate of drug-likeness (QED) is 0.0199. The highest BCUT2D eigenvalue weighted by atomic mass is 16.8. The Labute approximate surface area is 676 Å². The minimum Gasteiger partial charge on any atom is -0.394 e. The van der Waals surface area contributed by atoms with Gasteiger partial charge in [0.05, 0.1) is 38.6 Å². The maximum Gasteiger partial charge on any atom is 0.220 e. The van der Waals surface area contributed by atoms with E-state index in [9.17, 15) is 61.0 Å². The third-order valence-electron chi connectivity index (χ3n) is 23.4. The van der Waals surface area contributed by atoms with Gasteiger partial charge in [0.2, 0.25) is 5.91 Å². The van der Waals surface area contributed by atoms with Crippen molar-refractivity contribution in [3.63, 3.8) is 0 Å². The zero-order chi connectivity index (χ0) is 80.3. The molecule has 0 aromatic carbocycles. The SMILES string of the molecule is CCCCCCCCCCCCCCCCCCCCCCCCC/C=C/CC/C=C/CC/C=C/C(O)C(COC1OC(CO)C(OC2OC(CO)C(OC3OC(CO)C(O)C(O)C3O)C(O)C2O)C(O)C1O)NC(=O)CCCCCCCCCCCCCCCCCCCCCCCCCCCCCCCCCCC. The van der Waals surface area contributed by atoms with Gasteiger partial charge in [-0.2, -0.15) is 0 Å². The molecule has 0 saturated carbocycles. The van der Waals surface area contributed by atoms with E-state index in [1.807, 2.05) is 6.08 Å². The van der Waals surface area contributed by atoms with E-state index in [0.29, 0.717) is 12.8 Å². The number of hydrogen-bond acceptors (Lipinski definition) is 18. The summed E-state index contributed by atoms with van der Waals surface area (Å²) in [7, 11) is 0. The zero-order valence-corrected chi connectivity index (χ0v) is 70.7. The molecule has 0 spiro atoms. The van der Waals surface area contributed by atoms with Crippen LogP contribution in [-0.4, -0.2) is 193 Å². The molecule has 111 heavy (non-hydrogen) atoms. The molecular weight excluding hydrogens is 1410 g/mol. The molecule has 1 amide bonds. The number of carbonyl (C=O) groups is 1. The standard InChI is InChI=1S/C92H173NO18/c1-3-5-7-9-11-13-15-17-19-21-23-25-27-29-31-33-35-37-39-41-43-45-47-49-51-53-55-57-59-61-63-65-67-69-76(97)75(74-106-90-86(104)83(101)88(78(72-95)108-90)111-92-87(105)84(102)89(79(73-96)109-92)110-91-85(103)82(100)81(99)77(71-94)107-91)93-80(98)70-68-66-64-62-60-58-56-54-52-50-48-46-44-42-40-38-36-34-32-30-28-26-24-22-20-18-16-14-12-10-8-6-4-2/h51,53,59,61,67,69,75-79,81-92,94-97,99-105H,3-50,52,54-58,60,62-66,68,70-74H2,1-2H3,(H,93,98)/b53-51+,61-59+,69-67+. The van der Waals surface area contributed by atoms with Crippen LogP contribution in [0.4, 0.5) is 0 Å². The maximum atomic E-state index is 13.5. The van der Waals surface area contributed by atoms with Gasteiger partial charge in [-0.25, -0.2) is 0 Å². The summed E-state index contributed by atoms with van der Waals surface area (Å²) >= 11 is 0. The first-order valence-electron chi connectivity index (χ1n) is 46.7. The number of aliphatic hydroxyl groups excluding tert-OH is 11. The van der Waals surface area contributed by atoms with Crippen LogP contribution in [-0.2, 0) is 33.2 Å². The first-order valence-corrected chi connectivity index (χ1v) is 46.7. The van der Waals surface area contributed by atoms with Gasteiger partial charge in [-0.05, 0) is 44.9 Å². The summed E-state index contributed by atoms with van der Waals surface area (Å²) in [5.74, 6) is -0.281. The van der Waals surface area contributed by atoms with E-state index in [2.05, 4.69) is 43.5 Å². The largest absolute Gasteiger partial charge is 0.394 e. The number of hydrogen-bond donors (Lipinski definition) is 12. The van der Waals surface area contributed by atoms with E-state index in [0.717, 1.165) is 44.9 Å². The third-order valence-corrected chi connectivity index (χ3v) is 23.4. The van der Waals surface area contributed by atoms with Crippen LogP contribution in [0.3, 0.4) is 0 Å². The first kappa shape index (κ1) is 103. The molecule has 17 atom stereocenters. The molecule has 3 aliphatic rings. The Morgan fingerprint density at radius 2 is 0.577 bits per heavy atom. The second kappa shape index (κ2) is 72.1. The van der Waals surface area contributed by atoms with Crippen molar-refractivity contribution in [2.75, 3.05) is 26.4 Å². The Morgan fingerprint density at radius 1 is 0.315 bits per heavy atom. The highest BCUT2D eigenvalue weighted by molar-refractivity contribution is 5.76. The number of rotatable bonds is 77. The van der Waals surface area contributed by atoms with Crippen LogP contribution in [0.15, 0.2) is 36.5 Å². The van der Waals surface area contributed by atoms with Gasteiger partial charge in [-0.15, -0.1) is 0 Å². The van der Waals surface area contributed by atoms with Gasteiger partial charge < -0.3 is 89.9 Å². The van der Waals surface area contributed by atoms with Gasteiger partial charge in [0.25, 0.3) is 0 Å². The van der Waals surface area contributed by atoms with Gasteiger partial charge in [0.15, 0.2) is 18.9 Å². The first-order chi connectivity index (χ1) is 54.3. The molecule has 19 heteroatoms. The lowest BCUT2D eigenvalue weighted by molar-refractivity contribution is -0.379. The average molecular weight is 1580 g/mol. The van der Waals surface area contributed by atoms with Crippen molar-refractivity contribution in [2.45, 2.75) is 516 Å². The molecule has 12 N–H and O–H groups in total. The van der Waals surface area contributed by atoms with E-state index in [1.54, 1.807) is 6.08 Å². The van der Waals surface area contributed by atoms with Crippen LogP contribution >= 0.6 is 0 Å². The van der Waals surface area contributed by atoms with Crippen molar-refractivity contribution in [1.29, 1.82) is 0 Å². The second-order valence-corrected chi connectivity index (χ2v) is 33.5. The second-order valence-electron chi connectivity index (χ2n) is 33.5. The monoisotopic (exact) mass is 1580 g/mol. The van der Waals surface area contributed by atoms with E-state index in [1.165, 1.54) is 334 Å². The van der Waals surface area contributed by atoms with Crippen molar-refractivity contribution in [3.8, 4) is 0 Å². The molecule has 0 aromatic rings. The van der Waals surface area contributed by atoms with Crippen LogP contribution in [0.5, 0.6) is 0 Å². The van der Waals surface area contributed by atoms with Crippen LogP contribution in [0.2, 0.25) is 0 Å². The third kappa shape index (κ3) is 50.5. The topological polar surface area (TPSA) is 307 Å². The van der Waals surface area contributed by atoms with Crippen molar-refractivity contribution >= 4 is 5.91 Å². The Balaban J connectivity index is 1.33. The molecule has 654 valence electrons. The van der Waals surface area contributed by atoms with Gasteiger partial charge >= 0.3 is 0 Å². The molecule has 0 bridgehead atoms. The van der Waals surface area contributed by atoms with Crippen LogP contribution in [0.25, 0.3) is 0 Å². The molecule has 3 saturated heterocycles. The van der Waals surface area contributed by atoms with Crippen LogP contribution < -0.4 is 5.32 Å². The number of nitrogens with one attached hydrogen (secondary N) is 1. The zero-order valence-electron chi connectivity index (χ0n) is 70.7. The lowest BCUT2D eigenvalue weighted by atomic mass is 9.96. The van der Waals surface area contributed by atoms with Gasteiger partial charge in [-0.1, -0.05) is 397 Å². The fourth-order valence-electron chi connectivity index (χ4n) is 16.0. The van der Waals surface area contributed by atoms with Gasteiger partial charge in [0, 0.05) is 6.42 Å². The summed E-state index contributed by atoms with van der Waals surface area (Å²) in [6.45, 7) is 1.79. The molecule has 0 radical (unpaired) electrons. The number of aliphatic hydroxyl groups is 11. The van der Waals surface area contributed by atoms with E-state index >= 15 is 0 Å². The average Bonchev–Trinajstić information content (AvgIpc) is 0.780. The number of unbranched alkanes of at least 4 members (excludes halogenated alkanes) is 57. The van der Waals surface area contributed by atoms with E-state index in [-0.39, 0.29) is 18.9 Å². The molecule has 17 unspecified atom stereocenters. The Morgan fingerprint density at radius 3 is 0.901 bits per heavy atom. The summed E-state index contributed by atoms with van der Waals surface area (Å²) in [6, 6.07) is -0.997. The predicted octanol–water partition coefficient (Wildman–Crippen LogP) is 18.2. The van der Waals surface area contributed by atoms with E-state index < -0.39 is 124 Å². The summed E-state index contributed by atoms with van der Waals surface area (Å²) in [4.78, 5) is 13.5. The molecule has 3 aliphatic heterocycles. The summed E-state index contributed by atoms with van der Waals surface area (Å²) < 4.78 is 34.5. The number of allylic oxidation sites excluding steroid dienone is 5. The molecule has 0 aromatic heterocycles. The van der Waals surface area contributed by atoms with Crippen LogP contribution in [0, 0.1) is 0 Å². The fourth-order valence-corrected chi connectivity index (χ4v) is 16.0. The Hall–Kier alpha value is -1.99. The molecule has 3 fully saturated rings. The lowest BCUT2D eigenvalue weighted by Crippen LogP contribution is -2.66. The Bertz CT molecular complexity index is 2140. The van der Waals surface area contributed by atoms with Crippen molar-refractivity contribution in [3.05, 3.63) is 36.5 Å². The van der Waals surface area contributed by atoms with E-state index in [4.69, 9.17) is 28.4 Å². The van der Waals surface area contributed by atoms with Crippen molar-refractivity contribution < 1.29 is 89.4 Å². The highest BCUT2D eigenvalue weighted by Crippen LogP contribution is 2.34. The molecular formula is C92H173NO18. The van der Waals surface area contributed by atoms with Gasteiger partial charge in [0.1, 0.15) is 73.2 Å². The maximum absolute atomic E-state index is 13.5. The number of ether oxygens (including phenoxy) is 6. The smallest absolute Gasteiger partial charge is 0.220 e. The minimum absolute atomic E-state index is 0.237. The molecule has 0 aliphatic carbocycles. The molecule has 19 nitrogen and oxygen atoms in total. The van der Waals surface area contributed by atoms with Crippen molar-refractivity contribution in [2.24, 2.45) is 0 Å². The predicted molar refractivity (Wildman–Crippen MR) is 448 cm³/mol. The Kier molecular flexibility index (Phi) is 67.0.